The molecule has 1 amide bonds. The monoisotopic (exact) mass is 203 g/mol. The molecule has 0 atom stereocenters. The Bertz CT molecular complexity index is 434. The Balaban J connectivity index is 2.77. The SMILES string of the molecule is [N-]=[N+]=NCC=Cc1cncc(C(N)=O)c1. The highest BCUT2D eigenvalue weighted by Crippen LogP contribution is 2.03. The fourth-order valence-corrected chi connectivity index (χ4v) is 0.956. The molecule has 0 aromatic carbocycles. The number of hydrogen-bond donors (Lipinski definition) is 1. The number of aromatic nitrogens is 1. The Morgan fingerprint density at radius 1 is 1.67 bits per heavy atom. The summed E-state index contributed by atoms with van der Waals surface area (Å²) in [7, 11) is 0. The first-order valence-electron chi connectivity index (χ1n) is 4.16. The highest BCUT2D eigenvalue weighted by atomic mass is 16.1. The van der Waals surface area contributed by atoms with Crippen LogP contribution >= 0.6 is 0 Å². The first kappa shape index (κ1) is 10.7. The molecule has 0 radical (unpaired) electrons. The quantitative estimate of drug-likeness (QED) is 0.455. The molecule has 6 nitrogen and oxygen atoms in total. The van der Waals surface area contributed by atoms with Crippen molar-refractivity contribution in [1.29, 1.82) is 0 Å². The molecule has 0 saturated carbocycles. The Morgan fingerprint density at radius 3 is 3.13 bits per heavy atom. The molecule has 1 heterocycles. The van der Waals surface area contributed by atoms with Gasteiger partial charge in [0.05, 0.1) is 5.56 Å². The predicted molar refractivity (Wildman–Crippen MR) is 55.8 cm³/mol. The molecule has 0 aliphatic heterocycles. The van der Waals surface area contributed by atoms with Crippen LogP contribution in [0.3, 0.4) is 0 Å². The molecule has 0 saturated heterocycles. The first-order valence-corrected chi connectivity index (χ1v) is 4.16. The number of nitrogens with two attached hydrogens (primary N) is 1. The summed E-state index contributed by atoms with van der Waals surface area (Å²) in [6, 6.07) is 1.61. The number of carbonyl (C=O) groups is 1. The minimum absolute atomic E-state index is 0.261. The number of hydrogen-bond acceptors (Lipinski definition) is 3. The normalized spacial score (nSPS) is 9.87. The van der Waals surface area contributed by atoms with Gasteiger partial charge in [0.1, 0.15) is 0 Å². The van der Waals surface area contributed by atoms with Crippen molar-refractivity contribution in [3.05, 3.63) is 46.1 Å². The van der Waals surface area contributed by atoms with E-state index in [2.05, 4.69) is 15.0 Å². The summed E-state index contributed by atoms with van der Waals surface area (Å²) in [6.45, 7) is 0.261. The van der Waals surface area contributed by atoms with Crippen LogP contribution in [0.5, 0.6) is 0 Å². The number of rotatable bonds is 4. The van der Waals surface area contributed by atoms with Gasteiger partial charge in [-0.2, -0.15) is 0 Å². The number of pyridine rings is 1. The second-order valence-corrected chi connectivity index (χ2v) is 2.69. The van der Waals surface area contributed by atoms with Crippen molar-refractivity contribution in [2.24, 2.45) is 10.8 Å². The van der Waals surface area contributed by atoms with E-state index in [1.165, 1.54) is 6.20 Å². The third-order valence-electron chi connectivity index (χ3n) is 1.60. The van der Waals surface area contributed by atoms with Crippen LogP contribution in [-0.2, 0) is 0 Å². The van der Waals surface area contributed by atoms with E-state index in [1.54, 1.807) is 24.4 Å². The molecule has 1 aromatic heterocycles. The number of azide groups is 1. The summed E-state index contributed by atoms with van der Waals surface area (Å²) < 4.78 is 0. The molecule has 0 unspecified atom stereocenters. The van der Waals surface area contributed by atoms with Gasteiger partial charge >= 0.3 is 0 Å². The van der Waals surface area contributed by atoms with Crippen molar-refractivity contribution in [1.82, 2.24) is 4.98 Å². The summed E-state index contributed by atoms with van der Waals surface area (Å²) in [6.07, 6.45) is 6.35. The maximum atomic E-state index is 10.8. The molecule has 1 aromatic rings. The topological polar surface area (TPSA) is 105 Å². The third kappa shape index (κ3) is 3.50. The van der Waals surface area contributed by atoms with E-state index in [4.69, 9.17) is 11.3 Å². The van der Waals surface area contributed by atoms with E-state index in [9.17, 15) is 4.79 Å². The number of primary amides is 1. The maximum Gasteiger partial charge on any atom is 0.250 e. The fourth-order valence-electron chi connectivity index (χ4n) is 0.956. The molecule has 0 fully saturated rings. The van der Waals surface area contributed by atoms with E-state index in [-0.39, 0.29) is 6.54 Å². The van der Waals surface area contributed by atoms with Gasteiger partial charge in [-0.15, -0.1) is 0 Å². The Kier molecular flexibility index (Phi) is 3.88. The number of carbonyl (C=O) groups excluding carboxylic acids is 1. The molecule has 15 heavy (non-hydrogen) atoms. The van der Waals surface area contributed by atoms with Crippen molar-refractivity contribution in [3.63, 3.8) is 0 Å². The van der Waals surface area contributed by atoms with Gasteiger partial charge in [0.15, 0.2) is 0 Å². The third-order valence-corrected chi connectivity index (χ3v) is 1.60. The van der Waals surface area contributed by atoms with Crippen LogP contribution in [0.25, 0.3) is 16.5 Å². The lowest BCUT2D eigenvalue weighted by Gasteiger charge is -1.95. The van der Waals surface area contributed by atoms with Gasteiger partial charge in [0, 0.05) is 23.9 Å². The van der Waals surface area contributed by atoms with Crippen LogP contribution in [0.15, 0.2) is 29.7 Å². The second-order valence-electron chi connectivity index (χ2n) is 2.69. The van der Waals surface area contributed by atoms with Crippen molar-refractivity contribution < 1.29 is 4.79 Å². The van der Waals surface area contributed by atoms with E-state index in [0.29, 0.717) is 5.56 Å². The van der Waals surface area contributed by atoms with E-state index in [0.717, 1.165) is 5.56 Å². The Hall–Kier alpha value is -2.33. The summed E-state index contributed by atoms with van der Waals surface area (Å²) in [5, 5.41) is 3.33. The highest BCUT2D eigenvalue weighted by molar-refractivity contribution is 5.92. The van der Waals surface area contributed by atoms with Crippen molar-refractivity contribution in [2.75, 3.05) is 6.54 Å². The highest BCUT2D eigenvalue weighted by Gasteiger charge is 1.99. The first-order chi connectivity index (χ1) is 7.24. The largest absolute Gasteiger partial charge is 0.366 e. The zero-order valence-corrected chi connectivity index (χ0v) is 7.87. The van der Waals surface area contributed by atoms with Crippen LogP contribution in [0.2, 0.25) is 0 Å². The van der Waals surface area contributed by atoms with Crippen LogP contribution in [-0.4, -0.2) is 17.4 Å². The van der Waals surface area contributed by atoms with Gasteiger partial charge < -0.3 is 5.73 Å². The van der Waals surface area contributed by atoms with E-state index < -0.39 is 5.91 Å². The van der Waals surface area contributed by atoms with Gasteiger partial charge in [-0.25, -0.2) is 0 Å². The standard InChI is InChI=1S/C9H9N5O/c10-9(15)8-4-7(5-12-6-8)2-1-3-13-14-11/h1-2,4-6H,3H2,(H2,10,15). The molecule has 2 N–H and O–H groups in total. The average molecular weight is 203 g/mol. The number of nitrogens with zero attached hydrogens (tertiary/aromatic N) is 4. The molecule has 6 heteroatoms. The van der Waals surface area contributed by atoms with Crippen LogP contribution in [0.4, 0.5) is 0 Å². The zero-order valence-electron chi connectivity index (χ0n) is 7.87. The number of amides is 1. The van der Waals surface area contributed by atoms with Gasteiger partial charge in [-0.3, -0.25) is 9.78 Å². The molecule has 0 aliphatic carbocycles. The van der Waals surface area contributed by atoms with Crippen LogP contribution < -0.4 is 5.73 Å². The minimum Gasteiger partial charge on any atom is -0.366 e. The van der Waals surface area contributed by atoms with E-state index >= 15 is 0 Å². The van der Waals surface area contributed by atoms with Crippen molar-refractivity contribution in [3.8, 4) is 0 Å². The summed E-state index contributed by atoms with van der Waals surface area (Å²) >= 11 is 0. The van der Waals surface area contributed by atoms with Crippen LogP contribution in [0.1, 0.15) is 15.9 Å². The summed E-state index contributed by atoms with van der Waals surface area (Å²) in [4.78, 5) is 17.3. The predicted octanol–water partition coefficient (Wildman–Crippen LogP) is 1.50. The summed E-state index contributed by atoms with van der Waals surface area (Å²) in [5.41, 5.74) is 14.2. The summed E-state index contributed by atoms with van der Waals surface area (Å²) in [5.74, 6) is -0.521. The minimum atomic E-state index is -0.521. The van der Waals surface area contributed by atoms with Gasteiger partial charge in [-0.1, -0.05) is 17.3 Å². The van der Waals surface area contributed by atoms with Gasteiger partial charge in [0.2, 0.25) is 5.91 Å². The second kappa shape index (κ2) is 5.41. The zero-order chi connectivity index (χ0) is 11.1. The lowest BCUT2D eigenvalue weighted by Crippen LogP contribution is -2.11. The van der Waals surface area contributed by atoms with Gasteiger partial charge in [0.25, 0.3) is 0 Å². The smallest absolute Gasteiger partial charge is 0.250 e. The lowest BCUT2D eigenvalue weighted by atomic mass is 10.2. The fraction of sp³-hybridized carbons (Fsp3) is 0.111. The maximum absolute atomic E-state index is 10.8. The average Bonchev–Trinajstić information content (AvgIpc) is 2.25. The molecular formula is C9H9N5O. The van der Waals surface area contributed by atoms with Gasteiger partial charge in [-0.05, 0) is 17.2 Å². The van der Waals surface area contributed by atoms with Crippen molar-refractivity contribution in [2.45, 2.75) is 0 Å². The molecule has 76 valence electrons. The lowest BCUT2D eigenvalue weighted by molar-refractivity contribution is 0.1000. The Labute approximate surface area is 86.1 Å². The molecule has 0 spiro atoms. The molecule has 0 bridgehead atoms. The molecular weight excluding hydrogens is 194 g/mol. The molecule has 1 rings (SSSR count). The van der Waals surface area contributed by atoms with E-state index in [1.807, 2.05) is 0 Å². The van der Waals surface area contributed by atoms with Crippen LogP contribution in [0, 0.1) is 0 Å². The molecule has 0 aliphatic rings. The Morgan fingerprint density at radius 2 is 2.47 bits per heavy atom. The van der Waals surface area contributed by atoms with Crippen molar-refractivity contribution >= 4 is 12.0 Å².